The molecule has 0 amide bonds. The number of ether oxygens (including phenoxy) is 1. The molecular formula is C17H20ClNO. The molecule has 2 nitrogen and oxygen atoms in total. The normalized spacial score (nSPS) is 10.8. The minimum absolute atomic E-state index is 0.489. The second-order valence-electron chi connectivity index (χ2n) is 5.06. The van der Waals surface area contributed by atoms with Gasteiger partial charge < -0.3 is 10.1 Å². The highest BCUT2D eigenvalue weighted by atomic mass is 35.5. The van der Waals surface area contributed by atoms with E-state index in [-0.39, 0.29) is 0 Å². The van der Waals surface area contributed by atoms with Crippen molar-refractivity contribution in [3.8, 4) is 5.75 Å². The first kappa shape index (κ1) is 14.9. The predicted molar refractivity (Wildman–Crippen MR) is 84.2 cm³/mol. The van der Waals surface area contributed by atoms with Crippen LogP contribution < -0.4 is 10.1 Å². The molecule has 106 valence electrons. The summed E-state index contributed by atoms with van der Waals surface area (Å²) in [5.74, 6) is 0.859. The summed E-state index contributed by atoms with van der Waals surface area (Å²) < 4.78 is 5.75. The fourth-order valence-electron chi connectivity index (χ4n) is 1.80. The van der Waals surface area contributed by atoms with Gasteiger partial charge in [0, 0.05) is 23.2 Å². The van der Waals surface area contributed by atoms with Crippen LogP contribution in [0.25, 0.3) is 0 Å². The van der Waals surface area contributed by atoms with Gasteiger partial charge in [-0.1, -0.05) is 55.8 Å². The molecule has 0 fully saturated rings. The summed E-state index contributed by atoms with van der Waals surface area (Å²) in [6, 6.07) is 16.4. The van der Waals surface area contributed by atoms with Crippen molar-refractivity contribution in [2.24, 2.45) is 0 Å². The summed E-state index contributed by atoms with van der Waals surface area (Å²) in [4.78, 5) is 0. The van der Waals surface area contributed by atoms with Gasteiger partial charge >= 0.3 is 0 Å². The van der Waals surface area contributed by atoms with Crippen molar-refractivity contribution in [2.45, 2.75) is 33.0 Å². The van der Waals surface area contributed by atoms with Crippen LogP contribution in [0.4, 0.5) is 0 Å². The summed E-state index contributed by atoms with van der Waals surface area (Å²) in [7, 11) is 0. The Bertz CT molecular complexity index is 537. The Morgan fingerprint density at radius 2 is 1.75 bits per heavy atom. The quantitative estimate of drug-likeness (QED) is 0.850. The summed E-state index contributed by atoms with van der Waals surface area (Å²) >= 11 is 6.10. The minimum Gasteiger partial charge on any atom is -0.489 e. The van der Waals surface area contributed by atoms with E-state index in [0.29, 0.717) is 12.6 Å². The predicted octanol–water partition coefficient (Wildman–Crippen LogP) is 4.42. The van der Waals surface area contributed by atoms with E-state index in [1.807, 2.05) is 36.4 Å². The molecule has 0 saturated carbocycles. The molecular weight excluding hydrogens is 270 g/mol. The van der Waals surface area contributed by atoms with E-state index < -0.39 is 0 Å². The SMILES string of the molecule is CC(C)NCc1ccc(OCc2ccccc2Cl)cc1. The van der Waals surface area contributed by atoms with E-state index >= 15 is 0 Å². The topological polar surface area (TPSA) is 21.3 Å². The average molecular weight is 290 g/mol. The van der Waals surface area contributed by atoms with E-state index in [9.17, 15) is 0 Å². The summed E-state index contributed by atoms with van der Waals surface area (Å²) in [5, 5.41) is 4.13. The van der Waals surface area contributed by atoms with E-state index in [2.05, 4.69) is 31.3 Å². The molecule has 0 aliphatic carbocycles. The maximum absolute atomic E-state index is 6.10. The standard InChI is InChI=1S/C17H20ClNO/c1-13(2)19-11-14-7-9-16(10-8-14)20-12-15-5-3-4-6-17(15)18/h3-10,13,19H,11-12H2,1-2H3. The fourth-order valence-corrected chi connectivity index (χ4v) is 1.99. The average Bonchev–Trinajstić information content (AvgIpc) is 2.45. The van der Waals surface area contributed by atoms with Gasteiger partial charge in [0.25, 0.3) is 0 Å². The highest BCUT2D eigenvalue weighted by Gasteiger charge is 2.01. The minimum atomic E-state index is 0.489. The lowest BCUT2D eigenvalue weighted by Gasteiger charge is -2.10. The van der Waals surface area contributed by atoms with Crippen LogP contribution in [0.3, 0.4) is 0 Å². The van der Waals surface area contributed by atoms with Gasteiger partial charge in [-0.05, 0) is 23.8 Å². The van der Waals surface area contributed by atoms with Crippen LogP contribution in [0.15, 0.2) is 48.5 Å². The van der Waals surface area contributed by atoms with Crippen LogP contribution in [0, 0.1) is 0 Å². The molecule has 20 heavy (non-hydrogen) atoms. The highest BCUT2D eigenvalue weighted by Crippen LogP contribution is 2.18. The van der Waals surface area contributed by atoms with Crippen LogP contribution in [0.1, 0.15) is 25.0 Å². The van der Waals surface area contributed by atoms with Crippen molar-refractivity contribution in [2.75, 3.05) is 0 Å². The van der Waals surface area contributed by atoms with Crippen LogP contribution in [0.5, 0.6) is 5.75 Å². The highest BCUT2D eigenvalue weighted by molar-refractivity contribution is 6.31. The Hall–Kier alpha value is -1.51. The third-order valence-corrected chi connectivity index (χ3v) is 3.36. The lowest BCUT2D eigenvalue weighted by molar-refractivity contribution is 0.306. The number of hydrogen-bond donors (Lipinski definition) is 1. The lowest BCUT2D eigenvalue weighted by Crippen LogP contribution is -2.21. The van der Waals surface area contributed by atoms with Crippen molar-refractivity contribution in [3.05, 3.63) is 64.7 Å². The largest absolute Gasteiger partial charge is 0.489 e. The molecule has 0 saturated heterocycles. The molecule has 0 aliphatic heterocycles. The lowest BCUT2D eigenvalue weighted by atomic mass is 10.2. The van der Waals surface area contributed by atoms with Gasteiger partial charge in [-0.15, -0.1) is 0 Å². The molecule has 0 unspecified atom stereocenters. The molecule has 0 aliphatic rings. The van der Waals surface area contributed by atoms with Crippen molar-refractivity contribution >= 4 is 11.6 Å². The Labute approximate surface area is 125 Å². The Balaban J connectivity index is 1.89. The second kappa shape index (κ2) is 7.32. The zero-order valence-electron chi connectivity index (χ0n) is 11.9. The molecule has 0 atom stereocenters. The first-order valence-corrected chi connectivity index (χ1v) is 7.21. The summed E-state index contributed by atoms with van der Waals surface area (Å²) in [6.45, 7) is 5.65. The Morgan fingerprint density at radius 1 is 1.05 bits per heavy atom. The van der Waals surface area contributed by atoms with E-state index in [4.69, 9.17) is 16.3 Å². The van der Waals surface area contributed by atoms with Gasteiger partial charge in [-0.3, -0.25) is 0 Å². The van der Waals surface area contributed by atoms with E-state index in [1.165, 1.54) is 5.56 Å². The number of benzene rings is 2. The van der Waals surface area contributed by atoms with Gasteiger partial charge in [-0.2, -0.15) is 0 Å². The van der Waals surface area contributed by atoms with Crippen LogP contribution in [0.2, 0.25) is 5.02 Å². The molecule has 2 aromatic rings. The molecule has 2 rings (SSSR count). The molecule has 2 aromatic carbocycles. The van der Waals surface area contributed by atoms with Gasteiger partial charge in [-0.25, -0.2) is 0 Å². The third kappa shape index (κ3) is 4.55. The number of halogens is 1. The second-order valence-corrected chi connectivity index (χ2v) is 5.47. The number of nitrogens with one attached hydrogen (secondary N) is 1. The molecule has 1 N–H and O–H groups in total. The molecule has 0 bridgehead atoms. The maximum atomic E-state index is 6.10. The summed E-state index contributed by atoms with van der Waals surface area (Å²) in [5.41, 5.74) is 2.25. The van der Waals surface area contributed by atoms with Crippen molar-refractivity contribution < 1.29 is 4.74 Å². The van der Waals surface area contributed by atoms with Crippen molar-refractivity contribution in [1.29, 1.82) is 0 Å². The molecule has 0 aromatic heterocycles. The smallest absolute Gasteiger partial charge is 0.119 e. The number of hydrogen-bond acceptors (Lipinski definition) is 2. The Morgan fingerprint density at radius 3 is 2.40 bits per heavy atom. The first-order valence-electron chi connectivity index (χ1n) is 6.83. The van der Waals surface area contributed by atoms with Crippen LogP contribution >= 0.6 is 11.6 Å². The van der Waals surface area contributed by atoms with Crippen molar-refractivity contribution in [1.82, 2.24) is 5.32 Å². The zero-order chi connectivity index (χ0) is 14.4. The fraction of sp³-hybridized carbons (Fsp3) is 0.294. The molecule has 0 radical (unpaired) electrons. The van der Waals surface area contributed by atoms with Gasteiger partial charge in [0.1, 0.15) is 12.4 Å². The monoisotopic (exact) mass is 289 g/mol. The number of rotatable bonds is 6. The van der Waals surface area contributed by atoms with Gasteiger partial charge in [0.15, 0.2) is 0 Å². The maximum Gasteiger partial charge on any atom is 0.119 e. The van der Waals surface area contributed by atoms with Gasteiger partial charge in [0.2, 0.25) is 0 Å². The molecule has 0 heterocycles. The zero-order valence-corrected chi connectivity index (χ0v) is 12.7. The van der Waals surface area contributed by atoms with Crippen molar-refractivity contribution in [3.63, 3.8) is 0 Å². The molecule has 0 spiro atoms. The first-order chi connectivity index (χ1) is 9.65. The van der Waals surface area contributed by atoms with E-state index in [1.54, 1.807) is 0 Å². The third-order valence-electron chi connectivity index (χ3n) is 2.99. The summed E-state index contributed by atoms with van der Waals surface area (Å²) in [6.07, 6.45) is 0. The molecule has 3 heteroatoms. The Kier molecular flexibility index (Phi) is 5.45. The van der Waals surface area contributed by atoms with Crippen LogP contribution in [-0.4, -0.2) is 6.04 Å². The van der Waals surface area contributed by atoms with Gasteiger partial charge in [0.05, 0.1) is 0 Å². The van der Waals surface area contributed by atoms with E-state index in [0.717, 1.165) is 22.9 Å². The van der Waals surface area contributed by atoms with Crippen LogP contribution in [-0.2, 0) is 13.2 Å².